The molecule has 2 heterocycles. The maximum absolute atomic E-state index is 4.79. The Morgan fingerprint density at radius 3 is 2.42 bits per heavy atom. The van der Waals surface area contributed by atoms with Crippen LogP contribution in [0.1, 0.15) is 0 Å². The lowest BCUT2D eigenvalue weighted by atomic mass is 10.1. The van der Waals surface area contributed by atoms with Crippen LogP contribution >= 0.6 is 23.1 Å². The fourth-order valence-electron chi connectivity index (χ4n) is 1.93. The minimum Gasteiger partial charge on any atom is -0.247 e. The van der Waals surface area contributed by atoms with Crippen LogP contribution in [0.15, 0.2) is 64.9 Å². The molecule has 0 aliphatic rings. The van der Waals surface area contributed by atoms with Crippen LogP contribution in [-0.4, -0.2) is 11.2 Å². The minimum atomic E-state index is 1.04. The highest BCUT2D eigenvalue weighted by Crippen LogP contribution is 2.30. The summed E-state index contributed by atoms with van der Waals surface area (Å²) in [5, 5.41) is 2.09. The number of thiophene rings is 1. The Kier molecular flexibility index (Phi) is 3.67. The molecule has 19 heavy (non-hydrogen) atoms. The molecular weight excluding hydrogens is 270 g/mol. The van der Waals surface area contributed by atoms with Crippen molar-refractivity contribution in [3.63, 3.8) is 0 Å². The number of pyridine rings is 1. The first kappa shape index (κ1) is 12.5. The van der Waals surface area contributed by atoms with Crippen molar-refractivity contribution >= 4 is 23.1 Å². The van der Waals surface area contributed by atoms with Crippen molar-refractivity contribution in [3.8, 4) is 21.8 Å². The van der Waals surface area contributed by atoms with Gasteiger partial charge in [-0.2, -0.15) is 0 Å². The second-order valence-corrected chi connectivity index (χ2v) is 5.95. The molecule has 0 spiro atoms. The Morgan fingerprint density at radius 1 is 0.947 bits per heavy atom. The number of hydrogen-bond acceptors (Lipinski definition) is 3. The fraction of sp³-hybridized carbons (Fsp3) is 0.0625. The molecule has 0 N–H and O–H groups in total. The summed E-state index contributed by atoms with van der Waals surface area (Å²) in [5.41, 5.74) is 3.26. The largest absolute Gasteiger partial charge is 0.247 e. The Morgan fingerprint density at radius 2 is 1.74 bits per heavy atom. The van der Waals surface area contributed by atoms with E-state index in [0.29, 0.717) is 0 Å². The van der Waals surface area contributed by atoms with Gasteiger partial charge in [-0.3, -0.25) is 0 Å². The zero-order valence-electron chi connectivity index (χ0n) is 10.5. The summed E-state index contributed by atoms with van der Waals surface area (Å²) in [7, 11) is 0. The average molecular weight is 283 g/mol. The van der Waals surface area contributed by atoms with Crippen LogP contribution in [0.3, 0.4) is 0 Å². The maximum Gasteiger partial charge on any atom is 0.0820 e. The normalized spacial score (nSPS) is 10.6. The second kappa shape index (κ2) is 5.59. The van der Waals surface area contributed by atoms with E-state index in [9.17, 15) is 0 Å². The molecule has 3 heteroatoms. The van der Waals surface area contributed by atoms with E-state index in [2.05, 4.69) is 48.0 Å². The fourth-order valence-corrected chi connectivity index (χ4v) is 3.08. The van der Waals surface area contributed by atoms with Gasteiger partial charge in [-0.1, -0.05) is 36.4 Å². The van der Waals surface area contributed by atoms with E-state index >= 15 is 0 Å². The van der Waals surface area contributed by atoms with Gasteiger partial charge in [0.15, 0.2) is 0 Å². The first-order chi connectivity index (χ1) is 9.36. The second-order valence-electron chi connectivity index (χ2n) is 4.12. The van der Waals surface area contributed by atoms with Crippen LogP contribution in [0.2, 0.25) is 0 Å². The minimum absolute atomic E-state index is 1.04. The van der Waals surface area contributed by atoms with E-state index in [1.807, 2.05) is 18.2 Å². The Bertz CT molecular complexity index is 660. The summed E-state index contributed by atoms with van der Waals surface area (Å²) >= 11 is 3.48. The first-order valence-corrected chi connectivity index (χ1v) is 8.12. The zero-order chi connectivity index (χ0) is 13.1. The molecule has 0 saturated carbocycles. The summed E-state index contributed by atoms with van der Waals surface area (Å²) in [6, 6.07) is 18.8. The molecule has 0 aliphatic heterocycles. The Labute approximate surface area is 121 Å². The lowest BCUT2D eigenvalue weighted by molar-refractivity contribution is 1.28. The molecule has 0 atom stereocenters. The molecule has 0 fully saturated rings. The molecule has 3 rings (SSSR count). The number of aromatic nitrogens is 1. The molecule has 0 unspecified atom stereocenters. The van der Waals surface area contributed by atoms with Gasteiger partial charge in [0.2, 0.25) is 0 Å². The predicted octanol–water partition coefficient (Wildman–Crippen LogP) is 5.20. The average Bonchev–Trinajstić information content (AvgIpc) is 3.02. The number of thioether (sulfide) groups is 1. The van der Waals surface area contributed by atoms with Crippen molar-refractivity contribution in [2.45, 2.75) is 4.90 Å². The van der Waals surface area contributed by atoms with Crippen molar-refractivity contribution in [1.82, 2.24) is 4.98 Å². The zero-order valence-corrected chi connectivity index (χ0v) is 12.2. The molecule has 0 aliphatic carbocycles. The van der Waals surface area contributed by atoms with Gasteiger partial charge in [0.05, 0.1) is 16.3 Å². The number of rotatable bonds is 3. The third kappa shape index (κ3) is 2.72. The molecule has 94 valence electrons. The first-order valence-electron chi connectivity index (χ1n) is 6.02. The van der Waals surface area contributed by atoms with Crippen LogP contribution in [0.5, 0.6) is 0 Å². The monoisotopic (exact) mass is 283 g/mol. The van der Waals surface area contributed by atoms with E-state index < -0.39 is 0 Å². The smallest absolute Gasteiger partial charge is 0.0820 e. The predicted molar refractivity (Wildman–Crippen MR) is 84.8 cm³/mol. The van der Waals surface area contributed by atoms with Crippen LogP contribution in [0.25, 0.3) is 21.8 Å². The van der Waals surface area contributed by atoms with Crippen molar-refractivity contribution < 1.29 is 0 Å². The van der Waals surface area contributed by atoms with E-state index in [0.717, 1.165) is 17.0 Å². The maximum atomic E-state index is 4.79. The van der Waals surface area contributed by atoms with E-state index in [1.165, 1.54) is 9.77 Å². The van der Waals surface area contributed by atoms with Crippen molar-refractivity contribution in [2.24, 2.45) is 0 Å². The summed E-state index contributed by atoms with van der Waals surface area (Å²) in [6.07, 6.45) is 2.10. The third-order valence-electron chi connectivity index (χ3n) is 2.88. The van der Waals surface area contributed by atoms with Crippen molar-refractivity contribution in [2.75, 3.05) is 6.26 Å². The van der Waals surface area contributed by atoms with E-state index in [-0.39, 0.29) is 0 Å². The number of hydrogen-bond donors (Lipinski definition) is 0. The summed E-state index contributed by atoms with van der Waals surface area (Å²) in [5.74, 6) is 0. The molecular formula is C16H13NS2. The molecule has 0 amide bonds. The molecule has 0 bridgehead atoms. The topological polar surface area (TPSA) is 12.9 Å². The summed E-state index contributed by atoms with van der Waals surface area (Å²) in [4.78, 5) is 7.25. The van der Waals surface area contributed by atoms with Gasteiger partial charge in [0.25, 0.3) is 0 Å². The molecule has 0 radical (unpaired) electrons. The lowest BCUT2D eigenvalue weighted by Gasteiger charge is -2.06. The Balaban J connectivity index is 2.13. The van der Waals surface area contributed by atoms with Crippen LogP contribution in [0.4, 0.5) is 0 Å². The molecule has 1 nitrogen and oxygen atoms in total. The van der Waals surface area contributed by atoms with Gasteiger partial charge in [-0.05, 0) is 29.8 Å². The Hall–Kier alpha value is -1.58. The molecule has 3 aromatic rings. The number of nitrogens with zero attached hydrogens (tertiary/aromatic N) is 1. The van der Waals surface area contributed by atoms with Gasteiger partial charge in [0.1, 0.15) is 0 Å². The van der Waals surface area contributed by atoms with Crippen molar-refractivity contribution in [1.29, 1.82) is 0 Å². The summed E-state index contributed by atoms with van der Waals surface area (Å²) < 4.78 is 0. The van der Waals surface area contributed by atoms with Crippen molar-refractivity contribution in [3.05, 3.63) is 60.0 Å². The molecule has 2 aromatic heterocycles. The van der Waals surface area contributed by atoms with Crippen LogP contribution in [0, 0.1) is 0 Å². The lowest BCUT2D eigenvalue weighted by Crippen LogP contribution is -1.88. The van der Waals surface area contributed by atoms with Gasteiger partial charge < -0.3 is 0 Å². The van der Waals surface area contributed by atoms with E-state index in [4.69, 9.17) is 4.98 Å². The van der Waals surface area contributed by atoms with Gasteiger partial charge in [0, 0.05) is 10.5 Å². The SMILES string of the molecule is CSc1cc(-c2ccccc2)nc(-c2cccs2)c1. The molecule has 1 aromatic carbocycles. The quantitative estimate of drug-likeness (QED) is 0.613. The highest BCUT2D eigenvalue weighted by molar-refractivity contribution is 7.98. The van der Waals surface area contributed by atoms with Crippen LogP contribution in [-0.2, 0) is 0 Å². The van der Waals surface area contributed by atoms with Crippen LogP contribution < -0.4 is 0 Å². The third-order valence-corrected chi connectivity index (χ3v) is 4.48. The van der Waals surface area contributed by atoms with Gasteiger partial charge in [-0.15, -0.1) is 23.1 Å². The standard InChI is InChI=1S/C16H13NS2/c1-18-13-10-14(12-6-3-2-4-7-12)17-15(11-13)16-8-5-9-19-16/h2-11H,1H3. The van der Waals surface area contributed by atoms with E-state index in [1.54, 1.807) is 23.1 Å². The summed E-state index contributed by atoms with van der Waals surface area (Å²) in [6.45, 7) is 0. The number of benzene rings is 1. The highest BCUT2D eigenvalue weighted by Gasteiger charge is 2.07. The van der Waals surface area contributed by atoms with Gasteiger partial charge >= 0.3 is 0 Å². The molecule has 0 saturated heterocycles. The van der Waals surface area contributed by atoms with Gasteiger partial charge in [-0.25, -0.2) is 4.98 Å². The highest BCUT2D eigenvalue weighted by atomic mass is 32.2.